The Balaban J connectivity index is 1.92. The Morgan fingerprint density at radius 3 is 2.81 bits per heavy atom. The minimum absolute atomic E-state index is 0.0240. The lowest BCUT2D eigenvalue weighted by atomic mass is 9.95. The number of ether oxygens (including phenoxy) is 1. The van der Waals surface area contributed by atoms with Gasteiger partial charge in [-0.15, -0.1) is 0 Å². The quantitative estimate of drug-likeness (QED) is 0.847. The number of nitrogens with two attached hydrogens (primary N) is 1. The van der Waals surface area contributed by atoms with Gasteiger partial charge in [0.05, 0.1) is 5.56 Å². The molecule has 1 aromatic rings. The number of carbonyl (C=O) groups is 1. The van der Waals surface area contributed by atoms with Crippen LogP contribution >= 0.6 is 12.2 Å². The fourth-order valence-corrected chi connectivity index (χ4v) is 2.75. The van der Waals surface area contributed by atoms with Crippen LogP contribution in [-0.4, -0.2) is 35.5 Å². The van der Waals surface area contributed by atoms with Gasteiger partial charge in [-0.3, -0.25) is 4.79 Å². The van der Waals surface area contributed by atoms with Gasteiger partial charge in [0.15, 0.2) is 6.61 Å². The van der Waals surface area contributed by atoms with Gasteiger partial charge < -0.3 is 15.4 Å². The molecule has 1 saturated heterocycles. The van der Waals surface area contributed by atoms with Gasteiger partial charge in [-0.05, 0) is 30.4 Å². The third-order valence-electron chi connectivity index (χ3n) is 4.02. The van der Waals surface area contributed by atoms with Crippen LogP contribution in [0.25, 0.3) is 0 Å². The van der Waals surface area contributed by atoms with Gasteiger partial charge in [0, 0.05) is 13.1 Å². The molecule has 0 radical (unpaired) electrons. The van der Waals surface area contributed by atoms with Crippen molar-refractivity contribution in [3.05, 3.63) is 29.8 Å². The number of likely N-dealkylation sites (tertiary alicyclic amines) is 1. The van der Waals surface area contributed by atoms with Crippen molar-refractivity contribution in [3.63, 3.8) is 0 Å². The lowest BCUT2D eigenvalue weighted by Crippen LogP contribution is -2.33. The van der Waals surface area contributed by atoms with Crippen LogP contribution in [0.15, 0.2) is 24.3 Å². The highest BCUT2D eigenvalue weighted by Gasteiger charge is 2.28. The highest BCUT2D eigenvalue weighted by atomic mass is 32.1. The van der Waals surface area contributed by atoms with E-state index in [9.17, 15) is 4.79 Å². The Morgan fingerprint density at radius 2 is 2.19 bits per heavy atom. The number of hydrogen-bond donors (Lipinski definition) is 1. The van der Waals surface area contributed by atoms with Gasteiger partial charge in [-0.25, -0.2) is 0 Å². The van der Waals surface area contributed by atoms with Gasteiger partial charge in [0.25, 0.3) is 5.91 Å². The second kappa shape index (κ2) is 6.89. The standard InChI is InChI=1S/C16H22N2O2S/c1-11(2)12-7-8-18(9-12)15(19)10-20-14-6-4-3-5-13(14)16(17)21/h3-6,11-12H,7-10H2,1-2H3,(H2,17,21). The minimum Gasteiger partial charge on any atom is -0.483 e. The highest BCUT2D eigenvalue weighted by Crippen LogP contribution is 2.24. The van der Waals surface area contributed by atoms with Crippen LogP contribution in [-0.2, 0) is 4.79 Å². The first-order chi connectivity index (χ1) is 9.99. The molecule has 1 aliphatic heterocycles. The van der Waals surface area contributed by atoms with E-state index in [2.05, 4.69) is 13.8 Å². The van der Waals surface area contributed by atoms with Crippen molar-refractivity contribution in [1.29, 1.82) is 0 Å². The molecule has 4 nitrogen and oxygen atoms in total. The molecular weight excluding hydrogens is 284 g/mol. The predicted molar refractivity (Wildman–Crippen MR) is 87.3 cm³/mol. The van der Waals surface area contributed by atoms with E-state index in [-0.39, 0.29) is 17.5 Å². The molecule has 0 aliphatic carbocycles. The second-order valence-corrected chi connectivity index (χ2v) is 6.22. The number of rotatable bonds is 5. The van der Waals surface area contributed by atoms with Crippen molar-refractivity contribution in [1.82, 2.24) is 4.90 Å². The van der Waals surface area contributed by atoms with E-state index < -0.39 is 0 Å². The first kappa shape index (κ1) is 15.8. The SMILES string of the molecule is CC(C)C1CCN(C(=O)COc2ccccc2C(N)=S)C1. The van der Waals surface area contributed by atoms with E-state index in [1.54, 1.807) is 12.1 Å². The molecular formula is C16H22N2O2S. The summed E-state index contributed by atoms with van der Waals surface area (Å²) in [6.07, 6.45) is 1.08. The molecule has 0 bridgehead atoms. The third-order valence-corrected chi connectivity index (χ3v) is 4.24. The molecule has 1 fully saturated rings. The smallest absolute Gasteiger partial charge is 0.260 e. The summed E-state index contributed by atoms with van der Waals surface area (Å²) >= 11 is 4.98. The molecule has 0 saturated carbocycles. The van der Waals surface area contributed by atoms with Crippen LogP contribution in [0, 0.1) is 11.8 Å². The largest absolute Gasteiger partial charge is 0.483 e. The zero-order valence-corrected chi connectivity index (χ0v) is 13.4. The number of para-hydroxylation sites is 1. The molecule has 0 aromatic heterocycles. The number of benzene rings is 1. The fourth-order valence-electron chi connectivity index (χ4n) is 2.58. The molecule has 1 aromatic carbocycles. The number of amides is 1. The maximum Gasteiger partial charge on any atom is 0.260 e. The maximum absolute atomic E-state index is 12.2. The number of hydrogen-bond acceptors (Lipinski definition) is 3. The second-order valence-electron chi connectivity index (χ2n) is 5.78. The Morgan fingerprint density at radius 1 is 1.48 bits per heavy atom. The topological polar surface area (TPSA) is 55.6 Å². The van der Waals surface area contributed by atoms with E-state index >= 15 is 0 Å². The molecule has 1 amide bonds. The van der Waals surface area contributed by atoms with Crippen molar-refractivity contribution in [2.24, 2.45) is 17.6 Å². The first-order valence-corrected chi connectivity index (χ1v) is 7.69. The first-order valence-electron chi connectivity index (χ1n) is 7.28. The Bertz CT molecular complexity index is 531. The minimum atomic E-state index is 0.0240. The van der Waals surface area contributed by atoms with Crippen molar-refractivity contribution in [2.45, 2.75) is 20.3 Å². The monoisotopic (exact) mass is 306 g/mol. The summed E-state index contributed by atoms with van der Waals surface area (Å²) in [6.45, 7) is 6.09. The average Bonchev–Trinajstić information content (AvgIpc) is 2.95. The Hall–Kier alpha value is -1.62. The van der Waals surface area contributed by atoms with Gasteiger partial charge >= 0.3 is 0 Å². The molecule has 1 atom stereocenters. The summed E-state index contributed by atoms with van der Waals surface area (Å²) in [7, 11) is 0. The number of carbonyl (C=O) groups excluding carboxylic acids is 1. The van der Waals surface area contributed by atoms with E-state index in [0.717, 1.165) is 19.5 Å². The van der Waals surface area contributed by atoms with E-state index in [0.29, 0.717) is 23.1 Å². The summed E-state index contributed by atoms with van der Waals surface area (Å²) in [4.78, 5) is 14.4. The fraction of sp³-hybridized carbons (Fsp3) is 0.500. The van der Waals surface area contributed by atoms with E-state index in [1.807, 2.05) is 17.0 Å². The zero-order chi connectivity index (χ0) is 15.4. The van der Waals surface area contributed by atoms with Gasteiger partial charge in [-0.1, -0.05) is 38.2 Å². The molecule has 21 heavy (non-hydrogen) atoms. The van der Waals surface area contributed by atoms with Crippen molar-refractivity contribution >= 4 is 23.1 Å². The summed E-state index contributed by atoms with van der Waals surface area (Å²) in [6, 6.07) is 7.26. The molecule has 2 N–H and O–H groups in total. The number of nitrogens with zero attached hydrogens (tertiary/aromatic N) is 1. The molecule has 0 spiro atoms. The average molecular weight is 306 g/mol. The third kappa shape index (κ3) is 3.94. The normalized spacial score (nSPS) is 18.0. The van der Waals surface area contributed by atoms with Crippen LogP contribution in [0.5, 0.6) is 5.75 Å². The molecule has 1 aliphatic rings. The van der Waals surface area contributed by atoms with Crippen LogP contribution in [0.3, 0.4) is 0 Å². The number of thiocarbonyl (C=S) groups is 1. The lowest BCUT2D eigenvalue weighted by molar-refractivity contribution is -0.132. The highest BCUT2D eigenvalue weighted by molar-refractivity contribution is 7.80. The van der Waals surface area contributed by atoms with Crippen LogP contribution in [0.1, 0.15) is 25.8 Å². The predicted octanol–water partition coefficient (Wildman–Crippen LogP) is 2.20. The Labute approximate surface area is 131 Å². The molecule has 2 rings (SSSR count). The van der Waals surface area contributed by atoms with Crippen LogP contribution in [0.4, 0.5) is 0 Å². The van der Waals surface area contributed by atoms with E-state index in [4.69, 9.17) is 22.7 Å². The van der Waals surface area contributed by atoms with Crippen molar-refractivity contribution < 1.29 is 9.53 Å². The summed E-state index contributed by atoms with van der Waals surface area (Å²) in [5.41, 5.74) is 6.32. The zero-order valence-electron chi connectivity index (χ0n) is 12.5. The molecule has 1 heterocycles. The van der Waals surface area contributed by atoms with Crippen LogP contribution in [0.2, 0.25) is 0 Å². The summed E-state index contributed by atoms with van der Waals surface area (Å²) in [5.74, 6) is 1.80. The van der Waals surface area contributed by atoms with Crippen LogP contribution < -0.4 is 10.5 Å². The Kier molecular flexibility index (Phi) is 5.17. The lowest BCUT2D eigenvalue weighted by Gasteiger charge is -2.19. The van der Waals surface area contributed by atoms with Gasteiger partial charge in [-0.2, -0.15) is 0 Å². The maximum atomic E-state index is 12.2. The van der Waals surface area contributed by atoms with Crippen molar-refractivity contribution in [2.75, 3.05) is 19.7 Å². The van der Waals surface area contributed by atoms with Gasteiger partial charge in [0.2, 0.25) is 0 Å². The van der Waals surface area contributed by atoms with Gasteiger partial charge in [0.1, 0.15) is 10.7 Å². The molecule has 1 unspecified atom stereocenters. The summed E-state index contributed by atoms with van der Waals surface area (Å²) < 4.78 is 5.61. The van der Waals surface area contributed by atoms with E-state index in [1.165, 1.54) is 0 Å². The summed E-state index contributed by atoms with van der Waals surface area (Å²) in [5, 5.41) is 0. The molecule has 114 valence electrons. The molecule has 5 heteroatoms. The van der Waals surface area contributed by atoms with Crippen molar-refractivity contribution in [3.8, 4) is 5.75 Å².